The van der Waals surface area contributed by atoms with Gasteiger partial charge < -0.3 is 10.8 Å². The van der Waals surface area contributed by atoms with E-state index in [9.17, 15) is 5.11 Å². The second-order valence-electron chi connectivity index (χ2n) is 7.88. The molecule has 3 saturated carbocycles. The molecule has 3 aliphatic carbocycles. The minimum absolute atomic E-state index is 0.137. The maximum atomic E-state index is 11.8. The van der Waals surface area contributed by atoms with Crippen molar-refractivity contribution in [2.24, 2.45) is 28.6 Å². The summed E-state index contributed by atoms with van der Waals surface area (Å²) in [6.45, 7) is 0. The van der Waals surface area contributed by atoms with Crippen LogP contribution in [0.4, 0.5) is 0 Å². The lowest BCUT2D eigenvalue weighted by molar-refractivity contribution is -0.111. The summed E-state index contributed by atoms with van der Waals surface area (Å²) in [5.74, 6) is 1.16. The van der Waals surface area contributed by atoms with Gasteiger partial charge in [-0.25, -0.2) is 0 Å². The molecule has 0 radical (unpaired) electrons. The number of rotatable bonds is 2. The van der Waals surface area contributed by atoms with Crippen LogP contribution in [0.3, 0.4) is 0 Å². The van der Waals surface area contributed by atoms with Gasteiger partial charge >= 0.3 is 0 Å². The standard InChI is InChI=1S/C20H27N3OS/c21-19(25)23-22-18-14-9-6-11-16(18)20(24)12-5-4-10-15(20)17(14)13-7-2-1-3-8-13/h1-3,7-8,14-17,24H,4-6,9-12H2,(H3,21,23,25)/b22-18-/t14-,15-,16+,17-,20-/m0/s1. The lowest BCUT2D eigenvalue weighted by atomic mass is 9.49. The summed E-state index contributed by atoms with van der Waals surface area (Å²) in [6, 6.07) is 10.7. The first-order valence-corrected chi connectivity index (χ1v) is 9.92. The second kappa shape index (κ2) is 6.69. The van der Waals surface area contributed by atoms with Crippen molar-refractivity contribution in [3.05, 3.63) is 35.9 Å². The molecular weight excluding hydrogens is 330 g/mol. The van der Waals surface area contributed by atoms with E-state index in [4.69, 9.17) is 18.0 Å². The quantitative estimate of drug-likeness (QED) is 0.561. The summed E-state index contributed by atoms with van der Waals surface area (Å²) in [7, 11) is 0. The van der Waals surface area contributed by atoms with Gasteiger partial charge in [-0.2, -0.15) is 5.10 Å². The molecule has 4 N–H and O–H groups in total. The Hall–Kier alpha value is -1.46. The Morgan fingerprint density at radius 2 is 1.96 bits per heavy atom. The fraction of sp³-hybridized carbons (Fsp3) is 0.600. The maximum absolute atomic E-state index is 11.8. The first-order chi connectivity index (χ1) is 12.1. The van der Waals surface area contributed by atoms with Gasteiger partial charge in [0.1, 0.15) is 0 Å². The molecule has 0 saturated heterocycles. The normalized spacial score (nSPS) is 38.8. The van der Waals surface area contributed by atoms with Gasteiger partial charge in [-0.3, -0.25) is 5.43 Å². The Balaban J connectivity index is 1.81. The minimum atomic E-state index is -0.646. The van der Waals surface area contributed by atoms with Crippen LogP contribution in [0, 0.1) is 17.8 Å². The number of aliphatic hydroxyl groups is 1. The van der Waals surface area contributed by atoms with Gasteiger partial charge in [-0.1, -0.05) is 49.6 Å². The van der Waals surface area contributed by atoms with E-state index in [-0.39, 0.29) is 11.0 Å². The summed E-state index contributed by atoms with van der Waals surface area (Å²) >= 11 is 4.96. The molecule has 4 rings (SSSR count). The Kier molecular flexibility index (Phi) is 4.54. The van der Waals surface area contributed by atoms with Gasteiger partial charge in [-0.05, 0) is 55.3 Å². The van der Waals surface area contributed by atoms with Crippen LogP contribution < -0.4 is 11.2 Å². The Morgan fingerprint density at radius 1 is 1.16 bits per heavy atom. The van der Waals surface area contributed by atoms with Crippen molar-refractivity contribution in [1.82, 2.24) is 5.43 Å². The molecule has 0 aliphatic heterocycles. The minimum Gasteiger partial charge on any atom is -0.389 e. The summed E-state index contributed by atoms with van der Waals surface area (Å²) in [5.41, 5.74) is 10.2. The molecule has 0 heterocycles. The number of hydrogen-bond acceptors (Lipinski definition) is 3. The second-order valence-corrected chi connectivity index (χ2v) is 8.32. The van der Waals surface area contributed by atoms with E-state index in [1.54, 1.807) is 0 Å². The van der Waals surface area contributed by atoms with Crippen LogP contribution in [0.5, 0.6) is 0 Å². The zero-order valence-electron chi connectivity index (χ0n) is 14.5. The largest absolute Gasteiger partial charge is 0.389 e. The summed E-state index contributed by atoms with van der Waals surface area (Å²) in [6.07, 6.45) is 7.60. The average Bonchev–Trinajstić information content (AvgIpc) is 2.62. The third-order valence-electron chi connectivity index (χ3n) is 6.68. The number of nitrogens with one attached hydrogen (secondary N) is 1. The molecule has 5 heteroatoms. The van der Waals surface area contributed by atoms with Crippen molar-refractivity contribution in [1.29, 1.82) is 0 Å². The molecule has 1 aromatic carbocycles. The molecule has 1 aromatic rings. The van der Waals surface area contributed by atoms with Crippen molar-refractivity contribution >= 4 is 23.0 Å². The summed E-state index contributed by atoms with van der Waals surface area (Å²) < 4.78 is 0. The number of nitrogens with two attached hydrogens (primary N) is 1. The summed E-state index contributed by atoms with van der Waals surface area (Å²) in [4.78, 5) is 0. The maximum Gasteiger partial charge on any atom is 0.184 e. The lowest BCUT2D eigenvalue weighted by Gasteiger charge is -2.57. The topological polar surface area (TPSA) is 70.6 Å². The number of fused-ring (bicyclic) bond motifs is 4. The molecule has 5 atom stereocenters. The van der Waals surface area contributed by atoms with Gasteiger partial charge in [0.15, 0.2) is 5.11 Å². The molecule has 3 aliphatic rings. The monoisotopic (exact) mass is 357 g/mol. The average molecular weight is 358 g/mol. The highest BCUT2D eigenvalue weighted by atomic mass is 32.1. The van der Waals surface area contributed by atoms with Crippen LogP contribution in [0.25, 0.3) is 0 Å². The van der Waals surface area contributed by atoms with Gasteiger partial charge in [-0.15, -0.1) is 0 Å². The van der Waals surface area contributed by atoms with Crippen LogP contribution in [-0.4, -0.2) is 21.5 Å². The number of thiocarbonyl (C=S) groups is 1. The van der Waals surface area contributed by atoms with Crippen LogP contribution in [0.1, 0.15) is 56.4 Å². The Labute approximate surface area is 154 Å². The van der Waals surface area contributed by atoms with E-state index in [1.807, 2.05) is 0 Å². The number of hydrazone groups is 1. The number of nitrogens with zero attached hydrogens (tertiary/aromatic N) is 1. The lowest BCUT2D eigenvalue weighted by Crippen LogP contribution is -2.61. The van der Waals surface area contributed by atoms with E-state index in [2.05, 4.69) is 40.9 Å². The smallest absolute Gasteiger partial charge is 0.184 e. The van der Waals surface area contributed by atoms with Crippen molar-refractivity contribution in [3.63, 3.8) is 0 Å². The van der Waals surface area contributed by atoms with Crippen molar-refractivity contribution in [2.75, 3.05) is 0 Å². The van der Waals surface area contributed by atoms with Crippen LogP contribution in [0.2, 0.25) is 0 Å². The van der Waals surface area contributed by atoms with Crippen molar-refractivity contribution in [2.45, 2.75) is 56.5 Å². The highest BCUT2D eigenvalue weighted by Crippen LogP contribution is 2.58. The van der Waals surface area contributed by atoms with Crippen molar-refractivity contribution < 1.29 is 5.11 Å². The van der Waals surface area contributed by atoms with E-state index in [1.165, 1.54) is 12.0 Å². The van der Waals surface area contributed by atoms with E-state index < -0.39 is 5.60 Å². The third kappa shape index (κ3) is 2.87. The zero-order chi connectivity index (χ0) is 17.4. The molecule has 3 fully saturated rings. The summed E-state index contributed by atoms with van der Waals surface area (Å²) in [5, 5.41) is 16.6. The zero-order valence-corrected chi connectivity index (χ0v) is 15.3. The van der Waals surface area contributed by atoms with Crippen LogP contribution in [0.15, 0.2) is 35.4 Å². The fourth-order valence-electron chi connectivity index (χ4n) is 5.80. The number of hydrogen-bond donors (Lipinski definition) is 3. The fourth-order valence-corrected chi connectivity index (χ4v) is 5.84. The molecule has 134 valence electrons. The first kappa shape index (κ1) is 17.0. The highest BCUT2D eigenvalue weighted by Gasteiger charge is 2.58. The van der Waals surface area contributed by atoms with Crippen LogP contribution >= 0.6 is 12.2 Å². The predicted molar refractivity (Wildman–Crippen MR) is 104 cm³/mol. The van der Waals surface area contributed by atoms with Gasteiger partial charge in [0.2, 0.25) is 0 Å². The van der Waals surface area contributed by atoms with Gasteiger partial charge in [0.25, 0.3) is 0 Å². The Morgan fingerprint density at radius 3 is 2.72 bits per heavy atom. The van der Waals surface area contributed by atoms with Gasteiger partial charge in [0, 0.05) is 17.5 Å². The number of benzene rings is 1. The molecule has 4 nitrogen and oxygen atoms in total. The third-order valence-corrected chi connectivity index (χ3v) is 6.77. The SMILES string of the molecule is NC(=S)N/N=C1/[C@H]2CCC[C@H]1[C@]1(O)CCCC[C@H]1[C@H]2c1ccccc1. The first-order valence-electron chi connectivity index (χ1n) is 9.51. The Bertz CT molecular complexity index is 677. The van der Waals surface area contributed by atoms with E-state index in [0.29, 0.717) is 17.8 Å². The molecule has 25 heavy (non-hydrogen) atoms. The highest BCUT2D eigenvalue weighted by molar-refractivity contribution is 7.80. The van der Waals surface area contributed by atoms with Crippen LogP contribution in [-0.2, 0) is 0 Å². The van der Waals surface area contributed by atoms with Crippen molar-refractivity contribution in [3.8, 4) is 0 Å². The molecule has 0 amide bonds. The molecule has 0 aromatic heterocycles. The van der Waals surface area contributed by atoms with E-state index >= 15 is 0 Å². The molecular formula is C20H27N3OS. The predicted octanol–water partition coefficient (Wildman–Crippen LogP) is 3.31. The van der Waals surface area contributed by atoms with E-state index in [0.717, 1.165) is 44.2 Å². The van der Waals surface area contributed by atoms with Gasteiger partial charge in [0.05, 0.1) is 5.60 Å². The molecule has 0 spiro atoms. The molecule has 0 unspecified atom stereocenters. The molecule has 2 bridgehead atoms.